The molecule has 5 heterocycles. The Bertz CT molecular complexity index is 1410. The number of nitrogens with zero attached hydrogens (tertiary/aromatic N) is 6. The summed E-state index contributed by atoms with van der Waals surface area (Å²) in [5.41, 5.74) is 7.06. The molecule has 1 aromatic carbocycles. The molecule has 2 bridgehead atoms. The first-order chi connectivity index (χ1) is 17.0. The first-order valence-electron chi connectivity index (χ1n) is 12.0. The van der Waals surface area contributed by atoms with Gasteiger partial charge in [0.1, 0.15) is 6.61 Å². The number of aryl methyl sites for hydroxylation is 1. The second kappa shape index (κ2) is 8.63. The zero-order chi connectivity index (χ0) is 24.1. The molecular weight excluding hydrogens is 444 g/mol. The molecule has 182 valence electrons. The lowest BCUT2D eigenvalue weighted by Crippen LogP contribution is -2.26. The summed E-state index contributed by atoms with van der Waals surface area (Å²) in [6.45, 7) is 5.22. The monoisotopic (exact) mass is 474 g/mol. The van der Waals surface area contributed by atoms with Crippen LogP contribution in [0.25, 0.3) is 34.2 Å². The SMILES string of the molecule is Cc1c2c(nn1C1CNCC1O)OCCN(C)Cc1c(cnn1C)-c1ccc3[nH]nc(c3c1)/C=C/2. The molecule has 6 rings (SSSR count). The smallest absolute Gasteiger partial charge is 0.240 e. The van der Waals surface area contributed by atoms with Crippen molar-refractivity contribution in [3.8, 4) is 17.0 Å². The number of β-amino-alcohol motifs (C(OH)–C–C–N with tert-alkyl or cyclic N) is 1. The molecule has 2 aliphatic rings. The number of benzene rings is 1. The van der Waals surface area contributed by atoms with E-state index in [0.717, 1.165) is 57.8 Å². The van der Waals surface area contributed by atoms with E-state index in [-0.39, 0.29) is 6.04 Å². The lowest BCUT2D eigenvalue weighted by atomic mass is 10.0. The molecule has 4 aromatic rings. The molecule has 10 nitrogen and oxygen atoms in total. The maximum atomic E-state index is 10.5. The van der Waals surface area contributed by atoms with Gasteiger partial charge in [0.05, 0.1) is 40.8 Å². The highest BCUT2D eigenvalue weighted by Crippen LogP contribution is 2.31. The number of aromatic nitrogens is 6. The number of aromatic amines is 1. The number of hydrogen-bond donors (Lipinski definition) is 3. The van der Waals surface area contributed by atoms with Gasteiger partial charge in [-0.15, -0.1) is 5.10 Å². The Morgan fingerprint density at radius 3 is 2.89 bits per heavy atom. The lowest BCUT2D eigenvalue weighted by molar-refractivity contribution is 0.142. The Morgan fingerprint density at radius 2 is 2.06 bits per heavy atom. The largest absolute Gasteiger partial charge is 0.475 e. The molecule has 2 aliphatic heterocycles. The summed E-state index contributed by atoms with van der Waals surface area (Å²) in [4.78, 5) is 2.23. The minimum Gasteiger partial charge on any atom is -0.475 e. The number of aliphatic hydroxyl groups excluding tert-OH is 1. The Hall–Kier alpha value is -3.47. The molecule has 3 N–H and O–H groups in total. The predicted octanol–water partition coefficient (Wildman–Crippen LogP) is 1.97. The highest BCUT2D eigenvalue weighted by atomic mass is 16.5. The van der Waals surface area contributed by atoms with Gasteiger partial charge in [0.15, 0.2) is 0 Å². The van der Waals surface area contributed by atoms with Gasteiger partial charge in [0.25, 0.3) is 0 Å². The molecule has 3 aromatic heterocycles. The van der Waals surface area contributed by atoms with Crippen molar-refractivity contribution in [2.75, 3.05) is 33.3 Å². The number of likely N-dealkylation sites (N-methyl/N-ethyl adjacent to an activating group) is 1. The van der Waals surface area contributed by atoms with Gasteiger partial charge in [-0.3, -0.25) is 19.4 Å². The first-order valence-corrected chi connectivity index (χ1v) is 12.0. The van der Waals surface area contributed by atoms with Crippen molar-refractivity contribution in [2.45, 2.75) is 25.6 Å². The average molecular weight is 475 g/mol. The Balaban J connectivity index is 1.47. The zero-order valence-corrected chi connectivity index (χ0v) is 20.2. The van der Waals surface area contributed by atoms with E-state index in [9.17, 15) is 5.11 Å². The number of rotatable bonds is 1. The van der Waals surface area contributed by atoms with Gasteiger partial charge in [-0.05, 0) is 43.8 Å². The van der Waals surface area contributed by atoms with Gasteiger partial charge in [-0.25, -0.2) is 0 Å². The van der Waals surface area contributed by atoms with Gasteiger partial charge >= 0.3 is 0 Å². The van der Waals surface area contributed by atoms with Crippen LogP contribution in [-0.2, 0) is 13.6 Å². The van der Waals surface area contributed by atoms with Crippen molar-refractivity contribution in [3.63, 3.8) is 0 Å². The highest BCUT2D eigenvalue weighted by Gasteiger charge is 2.30. The second-order valence-electron chi connectivity index (χ2n) is 9.46. The van der Waals surface area contributed by atoms with E-state index in [0.29, 0.717) is 25.6 Å². The number of aliphatic hydroxyl groups is 1. The van der Waals surface area contributed by atoms with Gasteiger partial charge in [0, 0.05) is 49.9 Å². The molecule has 2 unspecified atom stereocenters. The van der Waals surface area contributed by atoms with Crippen LogP contribution >= 0.6 is 0 Å². The fourth-order valence-corrected chi connectivity index (χ4v) is 5.04. The van der Waals surface area contributed by atoms with Crippen LogP contribution in [0.1, 0.15) is 28.7 Å². The summed E-state index contributed by atoms with van der Waals surface area (Å²) >= 11 is 0. The van der Waals surface area contributed by atoms with Crippen LogP contribution < -0.4 is 10.1 Å². The third kappa shape index (κ3) is 3.83. The average Bonchev–Trinajstić information content (AvgIpc) is 3.60. The van der Waals surface area contributed by atoms with Gasteiger partial charge in [-0.2, -0.15) is 10.2 Å². The second-order valence-corrected chi connectivity index (χ2v) is 9.46. The molecule has 2 atom stereocenters. The quantitative estimate of drug-likeness (QED) is 0.387. The molecule has 0 aliphatic carbocycles. The minimum absolute atomic E-state index is 0.121. The molecule has 35 heavy (non-hydrogen) atoms. The lowest BCUT2D eigenvalue weighted by Gasteiger charge is -2.18. The van der Waals surface area contributed by atoms with Gasteiger partial charge in [-0.1, -0.05) is 6.07 Å². The van der Waals surface area contributed by atoms with Crippen molar-refractivity contribution < 1.29 is 9.84 Å². The van der Waals surface area contributed by atoms with Crippen LogP contribution in [0, 0.1) is 6.92 Å². The highest BCUT2D eigenvalue weighted by molar-refractivity contribution is 5.93. The molecule has 10 heteroatoms. The van der Waals surface area contributed by atoms with Gasteiger partial charge in [0.2, 0.25) is 5.88 Å². The summed E-state index contributed by atoms with van der Waals surface area (Å²) in [6.07, 6.45) is 5.47. The van der Waals surface area contributed by atoms with E-state index in [2.05, 4.69) is 50.8 Å². The molecule has 0 spiro atoms. The van der Waals surface area contributed by atoms with E-state index >= 15 is 0 Å². The number of nitrogens with one attached hydrogen (secondary N) is 2. The topological polar surface area (TPSA) is 109 Å². The normalized spacial score (nSPS) is 21.9. The number of ether oxygens (including phenoxy) is 1. The molecule has 0 saturated carbocycles. The van der Waals surface area contributed by atoms with E-state index in [1.165, 1.54) is 0 Å². The van der Waals surface area contributed by atoms with Gasteiger partial charge < -0.3 is 15.2 Å². The van der Waals surface area contributed by atoms with E-state index < -0.39 is 6.10 Å². The molecule has 0 amide bonds. The summed E-state index contributed by atoms with van der Waals surface area (Å²) < 4.78 is 10.1. The molecule has 0 radical (unpaired) electrons. The van der Waals surface area contributed by atoms with Crippen molar-refractivity contribution >= 4 is 23.1 Å². The Morgan fingerprint density at radius 1 is 1.17 bits per heavy atom. The minimum atomic E-state index is -0.482. The fourth-order valence-electron chi connectivity index (χ4n) is 5.04. The third-order valence-corrected chi connectivity index (χ3v) is 7.13. The summed E-state index contributed by atoms with van der Waals surface area (Å²) in [7, 11) is 4.07. The van der Waals surface area contributed by atoms with Crippen molar-refractivity contribution in [2.24, 2.45) is 7.05 Å². The predicted molar refractivity (Wildman–Crippen MR) is 134 cm³/mol. The maximum absolute atomic E-state index is 10.5. The number of H-pyrrole nitrogens is 1. The van der Waals surface area contributed by atoms with E-state index in [1.807, 2.05) is 41.7 Å². The number of fused-ring (bicyclic) bond motifs is 4. The van der Waals surface area contributed by atoms with Crippen molar-refractivity contribution in [3.05, 3.63) is 47.0 Å². The van der Waals surface area contributed by atoms with E-state index in [1.54, 1.807) is 0 Å². The molecular formula is C25H30N8O2. The number of hydrogen-bond acceptors (Lipinski definition) is 7. The van der Waals surface area contributed by atoms with Crippen LogP contribution in [0.4, 0.5) is 0 Å². The summed E-state index contributed by atoms with van der Waals surface area (Å²) in [5, 5.41) is 31.8. The van der Waals surface area contributed by atoms with Crippen LogP contribution in [0.2, 0.25) is 0 Å². The third-order valence-electron chi connectivity index (χ3n) is 7.13. The summed E-state index contributed by atoms with van der Waals surface area (Å²) in [5.74, 6) is 0.572. The van der Waals surface area contributed by atoms with Crippen LogP contribution in [-0.4, -0.2) is 79.2 Å². The Labute approximate surface area is 203 Å². The van der Waals surface area contributed by atoms with E-state index in [4.69, 9.17) is 9.84 Å². The fraction of sp³-hybridized carbons (Fsp3) is 0.400. The summed E-state index contributed by atoms with van der Waals surface area (Å²) in [6, 6.07) is 6.24. The standard InChI is InChI=1S/C25H30N8O2/c1-15-17-5-7-21-18-10-16(4-6-20(18)28-29-21)19-11-27-32(3)23(19)14-31(2)8-9-35-25(17)30-33(15)22-12-26-13-24(22)34/h4-7,10-11,22,24,26,34H,8-9,12-14H2,1-3H3,(H,28,29)/b7-5+. The Kier molecular flexibility index (Phi) is 5.43. The maximum Gasteiger partial charge on any atom is 0.240 e. The van der Waals surface area contributed by atoms with Crippen molar-refractivity contribution in [1.82, 2.24) is 40.0 Å². The van der Waals surface area contributed by atoms with Crippen LogP contribution in [0.15, 0.2) is 24.4 Å². The van der Waals surface area contributed by atoms with Crippen molar-refractivity contribution in [1.29, 1.82) is 0 Å². The zero-order valence-electron chi connectivity index (χ0n) is 20.2. The van der Waals surface area contributed by atoms with Crippen LogP contribution in [0.5, 0.6) is 5.88 Å². The van der Waals surface area contributed by atoms with Crippen LogP contribution in [0.3, 0.4) is 0 Å². The molecule has 1 fully saturated rings. The molecule has 1 saturated heterocycles. The first kappa shape index (κ1) is 22.0.